The molecule has 2 aromatic carbocycles. The van der Waals surface area contributed by atoms with Crippen molar-refractivity contribution < 1.29 is 24.2 Å². The molecule has 8 nitrogen and oxygen atoms in total. The van der Waals surface area contributed by atoms with E-state index < -0.39 is 17.9 Å². The number of aliphatic imine (C=N–C) groups is 1. The summed E-state index contributed by atoms with van der Waals surface area (Å²) in [5.41, 5.74) is 1.85. The number of rotatable bonds is 12. The highest BCUT2D eigenvalue weighted by Gasteiger charge is 2.24. The molecule has 1 aliphatic rings. The molecule has 0 radical (unpaired) electrons. The lowest BCUT2D eigenvalue weighted by atomic mass is 10.1. The summed E-state index contributed by atoms with van der Waals surface area (Å²) in [6, 6.07) is 10.6. The van der Waals surface area contributed by atoms with Crippen LogP contribution in [0, 0.1) is 0 Å². The zero-order valence-electron chi connectivity index (χ0n) is 20.0. The number of likely N-dealkylation sites (N-methyl/N-ethyl adjacent to an activating group) is 1. The molecule has 0 saturated carbocycles. The minimum Gasteiger partial charge on any atom is -0.494 e. The van der Waals surface area contributed by atoms with Crippen LogP contribution in [-0.4, -0.2) is 66.3 Å². The fourth-order valence-electron chi connectivity index (χ4n) is 3.77. The molecule has 0 fully saturated rings. The van der Waals surface area contributed by atoms with E-state index in [9.17, 15) is 19.5 Å². The SMILES string of the molecule is CN1CC(CCCCCOc2ccc(C[C@H](NC(=O)c3c(Cl)cccc3Cl)C(=O)O)cc2)=NCC1=O. The summed E-state index contributed by atoms with van der Waals surface area (Å²) in [5.74, 6) is -1.06. The number of carbonyl (C=O) groups excluding carboxylic acids is 2. The van der Waals surface area contributed by atoms with Gasteiger partial charge in [0.05, 0.1) is 28.8 Å². The molecule has 0 saturated heterocycles. The van der Waals surface area contributed by atoms with Crippen molar-refractivity contribution in [3.05, 3.63) is 63.6 Å². The van der Waals surface area contributed by atoms with Gasteiger partial charge in [-0.3, -0.25) is 14.6 Å². The highest BCUT2D eigenvalue weighted by Crippen LogP contribution is 2.24. The molecule has 0 aromatic heterocycles. The van der Waals surface area contributed by atoms with E-state index in [0.717, 1.165) is 37.0 Å². The lowest BCUT2D eigenvalue weighted by Crippen LogP contribution is -2.42. The van der Waals surface area contributed by atoms with Crippen LogP contribution < -0.4 is 10.1 Å². The van der Waals surface area contributed by atoms with Gasteiger partial charge in [-0.25, -0.2) is 4.79 Å². The van der Waals surface area contributed by atoms with Crippen LogP contribution in [0.5, 0.6) is 5.75 Å². The van der Waals surface area contributed by atoms with Gasteiger partial charge in [0.25, 0.3) is 5.91 Å². The van der Waals surface area contributed by atoms with Gasteiger partial charge in [0.1, 0.15) is 18.3 Å². The Hall–Kier alpha value is -3.10. The number of carbonyl (C=O) groups is 3. The summed E-state index contributed by atoms with van der Waals surface area (Å²) in [7, 11) is 1.80. The number of nitrogens with one attached hydrogen (secondary N) is 1. The number of carboxylic acid groups (broad SMARTS) is 1. The highest BCUT2D eigenvalue weighted by molar-refractivity contribution is 6.39. The van der Waals surface area contributed by atoms with E-state index in [1.165, 1.54) is 12.1 Å². The van der Waals surface area contributed by atoms with Crippen LogP contribution in [0.15, 0.2) is 47.5 Å². The van der Waals surface area contributed by atoms with E-state index in [2.05, 4.69) is 10.3 Å². The van der Waals surface area contributed by atoms with Crippen molar-refractivity contribution in [2.75, 3.05) is 26.7 Å². The molecule has 0 spiro atoms. The quantitative estimate of drug-likeness (QED) is 0.396. The number of ether oxygens (including phenoxy) is 1. The van der Waals surface area contributed by atoms with Gasteiger partial charge >= 0.3 is 5.97 Å². The third-order valence-electron chi connectivity index (χ3n) is 5.82. The number of aliphatic carboxylic acids is 1. The summed E-state index contributed by atoms with van der Waals surface area (Å²) >= 11 is 12.1. The monoisotopic (exact) mass is 533 g/mol. The van der Waals surface area contributed by atoms with E-state index in [0.29, 0.717) is 18.9 Å². The Labute approximate surface area is 220 Å². The van der Waals surface area contributed by atoms with E-state index in [1.54, 1.807) is 42.3 Å². The second-order valence-electron chi connectivity index (χ2n) is 8.60. The molecule has 2 N–H and O–H groups in total. The number of benzene rings is 2. The largest absolute Gasteiger partial charge is 0.494 e. The maximum atomic E-state index is 12.6. The second kappa shape index (κ2) is 13.3. The number of halogens is 2. The van der Waals surface area contributed by atoms with Crippen LogP contribution in [-0.2, 0) is 16.0 Å². The predicted molar refractivity (Wildman–Crippen MR) is 139 cm³/mol. The Morgan fingerprint density at radius 1 is 1.11 bits per heavy atom. The summed E-state index contributed by atoms with van der Waals surface area (Å²) in [4.78, 5) is 41.8. The molecule has 1 atom stereocenters. The van der Waals surface area contributed by atoms with Gasteiger partial charge in [0.15, 0.2) is 0 Å². The Bertz CT molecular complexity index is 1100. The van der Waals surface area contributed by atoms with Crippen molar-refractivity contribution in [3.8, 4) is 5.75 Å². The summed E-state index contributed by atoms with van der Waals surface area (Å²) in [5, 5.41) is 12.4. The van der Waals surface area contributed by atoms with Gasteiger partial charge in [0.2, 0.25) is 5.91 Å². The molecule has 0 unspecified atom stereocenters. The number of hydrogen-bond donors (Lipinski definition) is 2. The fourth-order valence-corrected chi connectivity index (χ4v) is 4.34. The first-order chi connectivity index (χ1) is 17.2. The highest BCUT2D eigenvalue weighted by atomic mass is 35.5. The summed E-state index contributed by atoms with van der Waals surface area (Å²) in [6.45, 7) is 1.43. The topological polar surface area (TPSA) is 108 Å². The van der Waals surface area contributed by atoms with Crippen molar-refractivity contribution in [2.45, 2.75) is 38.1 Å². The standard InChI is InChI=1S/C26H29Cl2N3O5/c1-31-16-18(29-15-23(31)32)6-3-2-4-13-36-19-11-9-17(10-12-19)14-22(26(34)35)30-25(33)24-20(27)7-5-8-21(24)28/h5,7-12,22H,2-4,6,13-16H2,1H3,(H,30,33)(H,34,35)/t22-/m0/s1. The number of carboxylic acids is 1. The zero-order valence-corrected chi connectivity index (χ0v) is 21.5. The second-order valence-corrected chi connectivity index (χ2v) is 9.41. The number of amides is 2. The van der Waals surface area contributed by atoms with Crippen LogP contribution in [0.2, 0.25) is 10.0 Å². The first kappa shape index (κ1) is 27.5. The molecular formula is C26H29Cl2N3O5. The maximum absolute atomic E-state index is 12.6. The van der Waals surface area contributed by atoms with Crippen molar-refractivity contribution in [1.29, 1.82) is 0 Å². The van der Waals surface area contributed by atoms with Crippen molar-refractivity contribution in [2.24, 2.45) is 4.99 Å². The Balaban J connectivity index is 1.42. The number of hydrogen-bond acceptors (Lipinski definition) is 5. The first-order valence-electron chi connectivity index (χ1n) is 11.7. The first-order valence-corrected chi connectivity index (χ1v) is 12.5. The normalized spacial score (nSPS) is 14.2. The van der Waals surface area contributed by atoms with Gasteiger partial charge in [-0.1, -0.05) is 41.4 Å². The van der Waals surface area contributed by atoms with E-state index in [4.69, 9.17) is 27.9 Å². The van der Waals surface area contributed by atoms with E-state index in [1.807, 2.05) is 0 Å². The molecule has 2 aromatic rings. The molecule has 0 aliphatic carbocycles. The van der Waals surface area contributed by atoms with Crippen LogP contribution in [0.3, 0.4) is 0 Å². The van der Waals surface area contributed by atoms with Crippen molar-refractivity contribution in [3.63, 3.8) is 0 Å². The Kier molecular flexibility index (Phi) is 10.1. The van der Waals surface area contributed by atoms with Gasteiger partial charge in [0, 0.05) is 19.2 Å². The molecular weight excluding hydrogens is 505 g/mol. The average molecular weight is 534 g/mol. The van der Waals surface area contributed by atoms with Crippen LogP contribution in [0.4, 0.5) is 0 Å². The predicted octanol–water partition coefficient (Wildman–Crippen LogP) is 4.27. The molecule has 0 bridgehead atoms. The lowest BCUT2D eigenvalue weighted by molar-refractivity contribution is -0.139. The van der Waals surface area contributed by atoms with Crippen LogP contribution >= 0.6 is 23.2 Å². The van der Waals surface area contributed by atoms with Crippen LogP contribution in [0.25, 0.3) is 0 Å². The minimum absolute atomic E-state index is 0.0463. The molecule has 3 rings (SSSR count). The lowest BCUT2D eigenvalue weighted by Gasteiger charge is -2.22. The van der Waals surface area contributed by atoms with Crippen molar-refractivity contribution >= 4 is 46.7 Å². The molecule has 1 aliphatic heterocycles. The molecule has 192 valence electrons. The van der Waals surface area contributed by atoms with Gasteiger partial charge < -0.3 is 20.1 Å². The molecule has 2 amide bonds. The molecule has 36 heavy (non-hydrogen) atoms. The van der Waals surface area contributed by atoms with Crippen LogP contribution in [0.1, 0.15) is 41.6 Å². The zero-order chi connectivity index (χ0) is 26.1. The maximum Gasteiger partial charge on any atom is 0.326 e. The van der Waals surface area contributed by atoms with E-state index in [-0.39, 0.29) is 34.5 Å². The molecule has 10 heteroatoms. The summed E-state index contributed by atoms with van der Waals surface area (Å²) in [6.07, 6.45) is 3.85. The third-order valence-corrected chi connectivity index (χ3v) is 6.45. The van der Waals surface area contributed by atoms with Gasteiger partial charge in [-0.05, 0) is 55.5 Å². The Morgan fingerprint density at radius 2 is 1.81 bits per heavy atom. The number of nitrogens with zero attached hydrogens (tertiary/aromatic N) is 2. The summed E-state index contributed by atoms with van der Waals surface area (Å²) < 4.78 is 5.79. The minimum atomic E-state index is -1.16. The Morgan fingerprint density at radius 3 is 2.44 bits per heavy atom. The third kappa shape index (κ3) is 7.96. The fraction of sp³-hybridized carbons (Fsp3) is 0.385. The van der Waals surface area contributed by atoms with Crippen molar-refractivity contribution in [1.82, 2.24) is 10.2 Å². The molecule has 1 heterocycles. The van der Waals surface area contributed by atoms with Gasteiger partial charge in [-0.15, -0.1) is 0 Å². The number of unbranched alkanes of at least 4 members (excludes halogenated alkanes) is 2. The van der Waals surface area contributed by atoms with E-state index >= 15 is 0 Å². The smallest absolute Gasteiger partial charge is 0.326 e. The van der Waals surface area contributed by atoms with Gasteiger partial charge in [-0.2, -0.15) is 0 Å². The average Bonchev–Trinajstić information content (AvgIpc) is 2.84.